The van der Waals surface area contributed by atoms with Crippen LogP contribution in [0.2, 0.25) is 5.02 Å². The van der Waals surface area contributed by atoms with Crippen LogP contribution in [-0.2, 0) is 16.6 Å². The normalized spacial score (nSPS) is 16.9. The molecule has 1 saturated heterocycles. The van der Waals surface area contributed by atoms with E-state index in [-0.39, 0.29) is 5.57 Å². The van der Waals surface area contributed by atoms with Crippen LogP contribution < -0.4 is 10.2 Å². The van der Waals surface area contributed by atoms with Crippen molar-refractivity contribution in [1.29, 1.82) is 0 Å². The van der Waals surface area contributed by atoms with Gasteiger partial charge in [0, 0.05) is 24.5 Å². The van der Waals surface area contributed by atoms with Gasteiger partial charge in [0.25, 0.3) is 11.8 Å². The lowest BCUT2D eigenvalue weighted by Crippen LogP contribution is -2.54. The molecule has 0 unspecified atom stereocenters. The number of imide groups is 2. The first kappa shape index (κ1) is 15.1. The van der Waals surface area contributed by atoms with Crippen LogP contribution in [-0.4, -0.2) is 22.4 Å². The Kier molecular flexibility index (Phi) is 3.75. The molecule has 1 N–H and O–H groups in total. The first-order valence-corrected chi connectivity index (χ1v) is 7.12. The van der Waals surface area contributed by atoms with Crippen LogP contribution in [0.15, 0.2) is 48.3 Å². The third-order valence-corrected chi connectivity index (χ3v) is 3.60. The summed E-state index contributed by atoms with van der Waals surface area (Å²) in [5, 5.41) is 2.65. The molecule has 0 spiro atoms. The summed E-state index contributed by atoms with van der Waals surface area (Å²) >= 11 is 5.81. The van der Waals surface area contributed by atoms with Crippen LogP contribution in [0.4, 0.5) is 10.5 Å². The summed E-state index contributed by atoms with van der Waals surface area (Å²) in [4.78, 5) is 37.5. The summed E-state index contributed by atoms with van der Waals surface area (Å²) in [6, 6.07) is 7.18. The smallest absolute Gasteiger partial charge is 0.335 e. The minimum absolute atomic E-state index is 0.106. The number of urea groups is 1. The molecule has 0 bridgehead atoms. The van der Waals surface area contributed by atoms with Gasteiger partial charge < -0.3 is 4.57 Å². The van der Waals surface area contributed by atoms with Crippen molar-refractivity contribution in [3.63, 3.8) is 0 Å². The number of hydrogen-bond donors (Lipinski definition) is 1. The zero-order valence-corrected chi connectivity index (χ0v) is 12.9. The number of rotatable bonds is 2. The summed E-state index contributed by atoms with van der Waals surface area (Å²) in [6.07, 6.45) is 5.00. The average Bonchev–Trinajstić information content (AvgIpc) is 2.91. The number of nitrogens with one attached hydrogen (secondary N) is 1. The third kappa shape index (κ3) is 2.89. The van der Waals surface area contributed by atoms with Crippen LogP contribution in [0.5, 0.6) is 0 Å². The van der Waals surface area contributed by atoms with Gasteiger partial charge in [-0.25, -0.2) is 9.69 Å². The van der Waals surface area contributed by atoms with Crippen molar-refractivity contribution < 1.29 is 14.4 Å². The summed E-state index contributed by atoms with van der Waals surface area (Å²) in [6.45, 7) is 0. The number of carbonyl (C=O) groups excluding carboxylic acids is 3. The van der Waals surface area contributed by atoms with Gasteiger partial charge in [0.15, 0.2) is 0 Å². The van der Waals surface area contributed by atoms with Crippen molar-refractivity contribution in [2.45, 2.75) is 0 Å². The van der Waals surface area contributed by atoms with E-state index >= 15 is 0 Å². The average molecular weight is 330 g/mol. The highest BCUT2D eigenvalue weighted by Crippen LogP contribution is 2.23. The number of nitrogens with zero attached hydrogens (tertiary/aromatic N) is 2. The molecular formula is C16H12ClN3O3. The lowest BCUT2D eigenvalue weighted by Gasteiger charge is -2.26. The van der Waals surface area contributed by atoms with Crippen LogP contribution in [0.1, 0.15) is 5.56 Å². The maximum atomic E-state index is 12.6. The molecule has 23 heavy (non-hydrogen) atoms. The number of halogens is 1. The van der Waals surface area contributed by atoms with E-state index in [4.69, 9.17) is 11.6 Å². The van der Waals surface area contributed by atoms with Crippen molar-refractivity contribution in [3.8, 4) is 0 Å². The molecule has 0 saturated carbocycles. The molecule has 116 valence electrons. The number of amides is 4. The maximum absolute atomic E-state index is 12.6. The Morgan fingerprint density at radius 1 is 1.09 bits per heavy atom. The molecular weight excluding hydrogens is 318 g/mol. The second-order valence-corrected chi connectivity index (χ2v) is 5.48. The Balaban J connectivity index is 2.00. The second-order valence-electron chi connectivity index (χ2n) is 5.04. The van der Waals surface area contributed by atoms with E-state index in [1.54, 1.807) is 35.2 Å². The zero-order chi connectivity index (χ0) is 16.6. The van der Waals surface area contributed by atoms with Gasteiger partial charge in [-0.15, -0.1) is 0 Å². The molecule has 0 atom stereocenters. The van der Waals surface area contributed by atoms with E-state index in [2.05, 4.69) is 5.32 Å². The molecule has 1 aliphatic heterocycles. The minimum Gasteiger partial charge on any atom is -0.357 e. The van der Waals surface area contributed by atoms with Crippen molar-refractivity contribution in [1.82, 2.24) is 9.88 Å². The Morgan fingerprint density at radius 3 is 2.39 bits per heavy atom. The fraction of sp³-hybridized carbons (Fsp3) is 0.0625. The molecule has 1 fully saturated rings. The van der Waals surface area contributed by atoms with Crippen LogP contribution in [0.3, 0.4) is 0 Å². The number of anilines is 1. The predicted octanol–water partition coefficient (Wildman–Crippen LogP) is 2.34. The van der Waals surface area contributed by atoms with Gasteiger partial charge in [-0.3, -0.25) is 14.9 Å². The molecule has 2 aromatic rings. The first-order chi connectivity index (χ1) is 11.0. The molecule has 0 radical (unpaired) electrons. The molecule has 6 nitrogen and oxygen atoms in total. The first-order valence-electron chi connectivity index (χ1n) is 6.75. The Labute approximate surface area is 136 Å². The lowest BCUT2D eigenvalue weighted by atomic mass is 10.1. The number of aryl methyl sites for hydroxylation is 1. The highest BCUT2D eigenvalue weighted by Gasteiger charge is 2.36. The highest BCUT2D eigenvalue weighted by atomic mass is 35.5. The standard InChI is InChI=1S/C16H12ClN3O3/c1-19-7-6-10(9-19)8-13-14(21)18-16(23)20(15(13)22)12-4-2-11(17)3-5-12/h2-9H,1H3,(H,18,21,23)/b13-8-. The van der Waals surface area contributed by atoms with Crippen molar-refractivity contribution in [2.24, 2.45) is 7.05 Å². The van der Waals surface area contributed by atoms with Gasteiger partial charge in [-0.05, 0) is 42.0 Å². The number of benzene rings is 1. The SMILES string of the molecule is Cn1ccc(/C=C2/C(=O)NC(=O)N(c3ccc(Cl)cc3)C2=O)c1. The van der Waals surface area contributed by atoms with E-state index in [9.17, 15) is 14.4 Å². The minimum atomic E-state index is -0.785. The second kappa shape index (κ2) is 5.73. The van der Waals surface area contributed by atoms with Crippen molar-refractivity contribution in [2.75, 3.05) is 4.90 Å². The molecule has 3 rings (SSSR count). The molecule has 2 heterocycles. The summed E-state index contributed by atoms with van der Waals surface area (Å²) < 4.78 is 1.79. The molecule has 1 aliphatic rings. The third-order valence-electron chi connectivity index (χ3n) is 3.35. The molecule has 1 aromatic heterocycles. The van der Waals surface area contributed by atoms with Crippen molar-refractivity contribution in [3.05, 3.63) is 58.9 Å². The van der Waals surface area contributed by atoms with Gasteiger partial charge in [0.1, 0.15) is 5.57 Å². The zero-order valence-electron chi connectivity index (χ0n) is 12.1. The number of aromatic nitrogens is 1. The van der Waals surface area contributed by atoms with E-state index in [1.807, 2.05) is 7.05 Å². The van der Waals surface area contributed by atoms with Crippen LogP contribution in [0, 0.1) is 0 Å². The van der Waals surface area contributed by atoms with E-state index in [0.717, 1.165) is 4.90 Å². The molecule has 4 amide bonds. The highest BCUT2D eigenvalue weighted by molar-refractivity contribution is 6.39. The Bertz CT molecular complexity index is 837. The number of carbonyl (C=O) groups is 3. The predicted molar refractivity (Wildman–Crippen MR) is 85.9 cm³/mol. The maximum Gasteiger partial charge on any atom is 0.335 e. The summed E-state index contributed by atoms with van der Waals surface area (Å²) in [5.74, 6) is -1.39. The van der Waals surface area contributed by atoms with Gasteiger partial charge in [-0.1, -0.05) is 11.6 Å². The molecule has 7 heteroatoms. The molecule has 1 aromatic carbocycles. The fourth-order valence-electron chi connectivity index (χ4n) is 2.26. The number of hydrogen-bond acceptors (Lipinski definition) is 3. The Hall–Kier alpha value is -2.86. The van der Waals surface area contributed by atoms with E-state index in [1.165, 1.54) is 18.2 Å². The molecule has 0 aliphatic carbocycles. The topological polar surface area (TPSA) is 71.4 Å². The van der Waals surface area contributed by atoms with Crippen molar-refractivity contribution >= 4 is 41.2 Å². The van der Waals surface area contributed by atoms with Gasteiger partial charge >= 0.3 is 6.03 Å². The Morgan fingerprint density at radius 2 is 1.78 bits per heavy atom. The van der Waals surface area contributed by atoms with Gasteiger partial charge in [-0.2, -0.15) is 0 Å². The van der Waals surface area contributed by atoms with Crippen LogP contribution >= 0.6 is 11.6 Å². The quantitative estimate of drug-likeness (QED) is 0.679. The lowest BCUT2D eigenvalue weighted by molar-refractivity contribution is -0.122. The largest absolute Gasteiger partial charge is 0.357 e. The summed E-state index contributed by atoms with van der Waals surface area (Å²) in [7, 11) is 1.83. The summed E-state index contributed by atoms with van der Waals surface area (Å²) in [5.41, 5.74) is 0.922. The monoisotopic (exact) mass is 329 g/mol. The fourth-order valence-corrected chi connectivity index (χ4v) is 2.38. The van der Waals surface area contributed by atoms with E-state index < -0.39 is 17.8 Å². The van der Waals surface area contributed by atoms with Gasteiger partial charge in [0.2, 0.25) is 0 Å². The number of barbiturate groups is 1. The van der Waals surface area contributed by atoms with Gasteiger partial charge in [0.05, 0.1) is 5.69 Å². The van der Waals surface area contributed by atoms with E-state index in [0.29, 0.717) is 16.3 Å². The van der Waals surface area contributed by atoms with Crippen LogP contribution in [0.25, 0.3) is 6.08 Å².